The molecule has 1 atom stereocenters. The number of nitrogens with zero attached hydrogens (tertiary/aromatic N) is 3. The van der Waals surface area contributed by atoms with Gasteiger partial charge in [0.15, 0.2) is 0 Å². The van der Waals surface area contributed by atoms with Crippen LogP contribution >= 0.6 is 0 Å². The van der Waals surface area contributed by atoms with Crippen LogP contribution in [0, 0.1) is 0 Å². The van der Waals surface area contributed by atoms with E-state index in [1.54, 1.807) is 0 Å². The number of piperidine rings is 1. The van der Waals surface area contributed by atoms with E-state index in [9.17, 15) is 0 Å². The number of nitrogens with two attached hydrogens (primary N) is 1. The molecule has 0 radical (unpaired) electrons. The first kappa shape index (κ1) is 15.2. The minimum absolute atomic E-state index is 0.798. The summed E-state index contributed by atoms with van der Waals surface area (Å²) in [4.78, 5) is 7.76. The van der Waals surface area contributed by atoms with Crippen LogP contribution in [-0.4, -0.2) is 80.1 Å². The second-order valence-corrected chi connectivity index (χ2v) is 6.24. The van der Waals surface area contributed by atoms with Gasteiger partial charge < -0.3 is 20.4 Å². The molecule has 4 nitrogen and oxygen atoms in total. The highest BCUT2D eigenvalue weighted by Crippen LogP contribution is 2.18. The molecule has 2 aliphatic rings. The number of likely N-dealkylation sites (tertiary alicyclic amines) is 1. The third kappa shape index (κ3) is 5.03. The van der Waals surface area contributed by atoms with E-state index in [1.165, 1.54) is 71.4 Å². The molecule has 19 heavy (non-hydrogen) atoms. The molecule has 0 bridgehead atoms. The zero-order valence-electron chi connectivity index (χ0n) is 12.7. The van der Waals surface area contributed by atoms with Gasteiger partial charge in [0.1, 0.15) is 0 Å². The predicted octanol–water partition coefficient (Wildman–Crippen LogP) is 0.827. The van der Waals surface area contributed by atoms with E-state index >= 15 is 0 Å². The summed E-state index contributed by atoms with van der Waals surface area (Å²) in [6.07, 6.45) is 6.89. The molecule has 2 rings (SSSR count). The summed E-state index contributed by atoms with van der Waals surface area (Å²) in [5.74, 6) is 0. The SMILES string of the molecule is CN1CCCCC1CCN1CCCN(CCN)CC1. The van der Waals surface area contributed by atoms with Crippen LogP contribution in [0.5, 0.6) is 0 Å². The minimum atomic E-state index is 0.798. The summed E-state index contributed by atoms with van der Waals surface area (Å²) in [6.45, 7) is 9.40. The highest BCUT2D eigenvalue weighted by molar-refractivity contribution is 4.77. The van der Waals surface area contributed by atoms with Crippen LogP contribution in [0.3, 0.4) is 0 Å². The number of hydrogen-bond donors (Lipinski definition) is 1. The normalized spacial score (nSPS) is 28.4. The molecule has 4 heteroatoms. The van der Waals surface area contributed by atoms with Crippen LogP contribution in [0.25, 0.3) is 0 Å². The number of hydrogen-bond acceptors (Lipinski definition) is 4. The van der Waals surface area contributed by atoms with E-state index in [0.717, 1.165) is 19.1 Å². The van der Waals surface area contributed by atoms with Crippen LogP contribution in [-0.2, 0) is 0 Å². The van der Waals surface area contributed by atoms with Gasteiger partial charge >= 0.3 is 0 Å². The lowest BCUT2D eigenvalue weighted by Crippen LogP contribution is -2.40. The standard InChI is InChI=1S/C15H32N4/c1-17-8-3-2-5-15(17)6-11-18-9-4-10-19(12-7-16)14-13-18/h15H,2-14,16H2,1H3. The zero-order valence-corrected chi connectivity index (χ0v) is 12.7. The van der Waals surface area contributed by atoms with Gasteiger partial charge in [-0.05, 0) is 58.9 Å². The minimum Gasteiger partial charge on any atom is -0.329 e. The molecule has 2 fully saturated rings. The van der Waals surface area contributed by atoms with Crippen LogP contribution in [0.15, 0.2) is 0 Å². The second kappa shape index (κ2) is 8.20. The molecule has 2 N–H and O–H groups in total. The van der Waals surface area contributed by atoms with Crippen molar-refractivity contribution in [2.45, 2.75) is 38.1 Å². The van der Waals surface area contributed by atoms with Crippen LogP contribution in [0.2, 0.25) is 0 Å². The summed E-state index contributed by atoms with van der Waals surface area (Å²) in [5.41, 5.74) is 5.66. The van der Waals surface area contributed by atoms with Gasteiger partial charge in [-0.15, -0.1) is 0 Å². The molecule has 2 saturated heterocycles. The average Bonchev–Trinajstić information content (AvgIpc) is 2.64. The fourth-order valence-corrected chi connectivity index (χ4v) is 3.49. The maximum Gasteiger partial charge on any atom is 0.0110 e. The first-order valence-electron chi connectivity index (χ1n) is 8.14. The van der Waals surface area contributed by atoms with E-state index in [2.05, 4.69) is 21.7 Å². The summed E-state index contributed by atoms with van der Waals surface area (Å²) in [6, 6.07) is 0.831. The Morgan fingerprint density at radius 1 is 0.895 bits per heavy atom. The lowest BCUT2D eigenvalue weighted by molar-refractivity contribution is 0.154. The molecule has 2 heterocycles. The molecule has 0 amide bonds. The monoisotopic (exact) mass is 268 g/mol. The Hall–Kier alpha value is -0.160. The highest BCUT2D eigenvalue weighted by atomic mass is 15.2. The van der Waals surface area contributed by atoms with Gasteiger partial charge in [0, 0.05) is 32.2 Å². The van der Waals surface area contributed by atoms with Crippen LogP contribution < -0.4 is 5.73 Å². The van der Waals surface area contributed by atoms with E-state index in [4.69, 9.17) is 5.73 Å². The Morgan fingerprint density at radius 2 is 1.63 bits per heavy atom. The fourth-order valence-electron chi connectivity index (χ4n) is 3.49. The maximum absolute atomic E-state index is 5.66. The van der Waals surface area contributed by atoms with E-state index < -0.39 is 0 Å². The molecule has 0 aliphatic carbocycles. The lowest BCUT2D eigenvalue weighted by Gasteiger charge is -2.34. The molecule has 112 valence electrons. The Bertz CT molecular complexity index is 246. The quantitative estimate of drug-likeness (QED) is 0.801. The molecule has 0 aromatic heterocycles. The van der Waals surface area contributed by atoms with Crippen molar-refractivity contribution in [3.05, 3.63) is 0 Å². The maximum atomic E-state index is 5.66. The van der Waals surface area contributed by atoms with Crippen LogP contribution in [0.1, 0.15) is 32.1 Å². The van der Waals surface area contributed by atoms with E-state index in [0.29, 0.717) is 0 Å². The van der Waals surface area contributed by atoms with Gasteiger partial charge in [0.2, 0.25) is 0 Å². The molecule has 0 spiro atoms. The highest BCUT2D eigenvalue weighted by Gasteiger charge is 2.20. The van der Waals surface area contributed by atoms with Crippen molar-refractivity contribution in [2.75, 3.05) is 59.4 Å². The van der Waals surface area contributed by atoms with Crippen molar-refractivity contribution in [3.8, 4) is 0 Å². The van der Waals surface area contributed by atoms with Crippen molar-refractivity contribution in [2.24, 2.45) is 5.73 Å². The average molecular weight is 268 g/mol. The van der Waals surface area contributed by atoms with Gasteiger partial charge in [-0.2, -0.15) is 0 Å². The topological polar surface area (TPSA) is 35.7 Å². The van der Waals surface area contributed by atoms with Crippen molar-refractivity contribution < 1.29 is 0 Å². The Labute approximate surface area is 118 Å². The largest absolute Gasteiger partial charge is 0.329 e. The Balaban J connectivity index is 1.68. The number of rotatable bonds is 5. The van der Waals surface area contributed by atoms with Gasteiger partial charge in [0.25, 0.3) is 0 Å². The predicted molar refractivity (Wildman–Crippen MR) is 81.4 cm³/mol. The molecule has 2 aliphatic heterocycles. The van der Waals surface area contributed by atoms with Crippen molar-refractivity contribution in [3.63, 3.8) is 0 Å². The first-order chi connectivity index (χ1) is 9.29. The van der Waals surface area contributed by atoms with Crippen molar-refractivity contribution >= 4 is 0 Å². The third-order valence-corrected chi connectivity index (χ3v) is 4.83. The van der Waals surface area contributed by atoms with E-state index in [1.807, 2.05) is 0 Å². The van der Waals surface area contributed by atoms with Gasteiger partial charge in [0.05, 0.1) is 0 Å². The molecular weight excluding hydrogens is 236 g/mol. The van der Waals surface area contributed by atoms with Crippen molar-refractivity contribution in [1.29, 1.82) is 0 Å². The lowest BCUT2D eigenvalue weighted by atomic mass is 10.00. The van der Waals surface area contributed by atoms with Gasteiger partial charge in [-0.3, -0.25) is 0 Å². The van der Waals surface area contributed by atoms with Crippen molar-refractivity contribution in [1.82, 2.24) is 14.7 Å². The molecular formula is C15H32N4. The molecule has 0 saturated carbocycles. The second-order valence-electron chi connectivity index (χ2n) is 6.24. The van der Waals surface area contributed by atoms with Gasteiger partial charge in [-0.25, -0.2) is 0 Å². The summed E-state index contributed by atoms with van der Waals surface area (Å²) < 4.78 is 0. The Morgan fingerprint density at radius 3 is 2.32 bits per heavy atom. The molecule has 0 aromatic rings. The zero-order chi connectivity index (χ0) is 13.5. The summed E-state index contributed by atoms with van der Waals surface area (Å²) in [5, 5.41) is 0. The smallest absolute Gasteiger partial charge is 0.0110 e. The molecule has 1 unspecified atom stereocenters. The summed E-state index contributed by atoms with van der Waals surface area (Å²) in [7, 11) is 2.30. The van der Waals surface area contributed by atoms with Crippen LogP contribution in [0.4, 0.5) is 0 Å². The Kier molecular flexibility index (Phi) is 6.57. The fraction of sp³-hybridized carbons (Fsp3) is 1.00. The molecule has 0 aromatic carbocycles. The third-order valence-electron chi connectivity index (χ3n) is 4.83. The summed E-state index contributed by atoms with van der Waals surface area (Å²) >= 11 is 0. The van der Waals surface area contributed by atoms with Gasteiger partial charge in [-0.1, -0.05) is 6.42 Å². The van der Waals surface area contributed by atoms with E-state index in [-0.39, 0.29) is 0 Å². The first-order valence-corrected chi connectivity index (χ1v) is 8.14.